The van der Waals surface area contributed by atoms with Crippen LogP contribution in [0.25, 0.3) is 11.0 Å². The first kappa shape index (κ1) is 28.9. The molecule has 2 N–H and O–H groups in total. The molecule has 1 aliphatic heterocycles. The Morgan fingerprint density at radius 1 is 1.07 bits per heavy atom. The van der Waals surface area contributed by atoms with Gasteiger partial charge in [0.15, 0.2) is 0 Å². The number of halogens is 1. The Hall–Kier alpha value is -3.58. The van der Waals surface area contributed by atoms with Crippen LogP contribution >= 0.6 is 0 Å². The smallest absolute Gasteiger partial charge is 0.280 e. The normalized spacial score (nSPS) is 21.0. The van der Waals surface area contributed by atoms with E-state index in [0.717, 1.165) is 18.4 Å². The molecule has 5 rings (SSSR count). The highest BCUT2D eigenvalue weighted by Gasteiger charge is 2.30. The monoisotopic (exact) mass is 585 g/mol. The Kier molecular flexibility index (Phi) is 8.28. The highest BCUT2D eigenvalue weighted by atomic mass is 32.2. The fourth-order valence-electron chi connectivity index (χ4n) is 5.65. The number of carbonyl (C=O) groups excluding carboxylic acids is 2. The molecule has 13 heteroatoms. The number of sulfonamides is 1. The van der Waals surface area contributed by atoms with Crippen molar-refractivity contribution in [2.75, 3.05) is 37.3 Å². The van der Waals surface area contributed by atoms with Crippen molar-refractivity contribution in [3.05, 3.63) is 53.5 Å². The highest BCUT2D eigenvalue weighted by molar-refractivity contribution is 7.88. The number of nitrogens with one attached hydrogen (secondary N) is 2. The molecule has 2 aliphatic rings. The van der Waals surface area contributed by atoms with E-state index in [0.29, 0.717) is 56.0 Å². The Labute approximate surface area is 238 Å². The van der Waals surface area contributed by atoms with Crippen molar-refractivity contribution < 1.29 is 22.4 Å². The van der Waals surface area contributed by atoms with E-state index in [-0.39, 0.29) is 29.5 Å². The van der Waals surface area contributed by atoms with Crippen LogP contribution in [0.4, 0.5) is 10.2 Å². The lowest BCUT2D eigenvalue weighted by molar-refractivity contribution is -0.126. The minimum Gasteiger partial charge on any atom is -0.354 e. The second-order valence-electron chi connectivity index (χ2n) is 11.1. The largest absolute Gasteiger partial charge is 0.354 e. The van der Waals surface area contributed by atoms with E-state index in [2.05, 4.69) is 20.3 Å². The summed E-state index contributed by atoms with van der Waals surface area (Å²) < 4.78 is 40.8. The fourth-order valence-corrected chi connectivity index (χ4v) is 6.48. The molecule has 3 aromatic rings. The standard InChI is InChI=1S/C28H36FN7O4S/c1-18(2)31-26(37)20-6-10-22(11-7-20)36-24-16-25(34-12-14-35(15-13-34)41(3,39)40)30-17-23(24)32-28(36)33-27(38)19-4-8-21(29)9-5-19/h4-5,8-9,16-18,20,22H,6-7,10-15H2,1-3H3,(H,31,37)(H,32,33,38). The Balaban J connectivity index is 1.49. The lowest BCUT2D eigenvalue weighted by atomic mass is 9.85. The molecule has 2 amide bonds. The van der Waals surface area contributed by atoms with Crippen LogP contribution in [-0.4, -0.2) is 77.5 Å². The number of nitrogens with zero attached hydrogens (tertiary/aromatic N) is 5. The Morgan fingerprint density at radius 2 is 1.73 bits per heavy atom. The van der Waals surface area contributed by atoms with E-state index in [4.69, 9.17) is 0 Å². The van der Waals surface area contributed by atoms with Crippen LogP contribution in [0.5, 0.6) is 0 Å². The van der Waals surface area contributed by atoms with Crippen molar-refractivity contribution in [2.45, 2.75) is 51.6 Å². The number of fused-ring (bicyclic) bond motifs is 1. The van der Waals surface area contributed by atoms with Crippen molar-refractivity contribution in [3.8, 4) is 0 Å². The van der Waals surface area contributed by atoms with Crippen LogP contribution in [0.1, 0.15) is 55.9 Å². The molecular weight excluding hydrogens is 549 g/mol. The van der Waals surface area contributed by atoms with Gasteiger partial charge in [-0.1, -0.05) is 0 Å². The topological polar surface area (TPSA) is 133 Å². The number of anilines is 1. The number of amides is 2. The average molecular weight is 586 g/mol. The summed E-state index contributed by atoms with van der Waals surface area (Å²) in [5.41, 5.74) is 2.16. The molecule has 0 radical (unpaired) electrons. The maximum absolute atomic E-state index is 13.4. The molecule has 2 fully saturated rings. The lowest BCUT2D eigenvalue weighted by Crippen LogP contribution is -2.48. The number of benzene rings is 1. The predicted octanol–water partition coefficient (Wildman–Crippen LogP) is 2.58. The van der Waals surface area contributed by atoms with Crippen LogP contribution in [-0.2, 0) is 14.8 Å². The van der Waals surface area contributed by atoms with Gasteiger partial charge in [0.05, 0.1) is 23.5 Å². The first-order chi connectivity index (χ1) is 19.5. The van der Waals surface area contributed by atoms with Gasteiger partial charge in [0.25, 0.3) is 5.91 Å². The SMILES string of the molecule is CC(C)NC(=O)C1CCC(n2c(=NC(=O)c3ccc(F)cc3)[nH]c3cnc(N4CCN(S(C)(=O)=O)CC4)cc32)CC1. The summed E-state index contributed by atoms with van der Waals surface area (Å²) in [4.78, 5) is 40.0. The summed E-state index contributed by atoms with van der Waals surface area (Å²) >= 11 is 0. The molecule has 1 aliphatic carbocycles. The molecular formula is C28H36FN7O4S. The van der Waals surface area contributed by atoms with E-state index >= 15 is 0 Å². The molecule has 220 valence electrons. The van der Waals surface area contributed by atoms with Crippen LogP contribution < -0.4 is 15.8 Å². The molecule has 1 saturated carbocycles. The van der Waals surface area contributed by atoms with Crippen molar-refractivity contribution in [1.29, 1.82) is 0 Å². The molecule has 0 unspecified atom stereocenters. The molecule has 0 atom stereocenters. The zero-order valence-electron chi connectivity index (χ0n) is 23.5. The van der Waals surface area contributed by atoms with Crippen molar-refractivity contribution >= 4 is 38.7 Å². The molecule has 41 heavy (non-hydrogen) atoms. The maximum atomic E-state index is 13.4. The fraction of sp³-hybridized carbons (Fsp3) is 0.500. The zero-order chi connectivity index (χ0) is 29.3. The quantitative estimate of drug-likeness (QED) is 0.457. The summed E-state index contributed by atoms with van der Waals surface area (Å²) in [6.45, 7) is 5.66. The number of hydrogen-bond acceptors (Lipinski definition) is 6. The first-order valence-corrected chi connectivity index (χ1v) is 15.8. The lowest BCUT2D eigenvalue weighted by Gasteiger charge is -2.34. The van der Waals surface area contributed by atoms with E-state index in [1.807, 2.05) is 29.4 Å². The average Bonchev–Trinajstić information content (AvgIpc) is 3.29. The van der Waals surface area contributed by atoms with Crippen molar-refractivity contribution in [3.63, 3.8) is 0 Å². The molecule has 1 saturated heterocycles. The Bertz CT molecular complexity index is 1600. The third kappa shape index (κ3) is 6.51. The van der Waals surface area contributed by atoms with Gasteiger partial charge in [-0.3, -0.25) is 9.59 Å². The molecule has 11 nitrogen and oxygen atoms in total. The molecule has 1 aromatic carbocycles. The van der Waals surface area contributed by atoms with Gasteiger partial charge in [-0.15, -0.1) is 0 Å². The first-order valence-electron chi connectivity index (χ1n) is 13.9. The van der Waals surface area contributed by atoms with E-state index in [9.17, 15) is 22.4 Å². The number of pyridine rings is 1. The van der Waals surface area contributed by atoms with Crippen LogP contribution in [0.2, 0.25) is 0 Å². The number of H-pyrrole nitrogens is 1. The second kappa shape index (κ2) is 11.7. The highest BCUT2D eigenvalue weighted by Crippen LogP contribution is 2.34. The number of aromatic amines is 1. The van der Waals surface area contributed by atoms with Crippen molar-refractivity contribution in [1.82, 2.24) is 24.2 Å². The number of rotatable bonds is 6. The van der Waals surface area contributed by atoms with Gasteiger partial charge >= 0.3 is 0 Å². The van der Waals surface area contributed by atoms with E-state index in [1.54, 1.807) is 6.20 Å². The van der Waals surface area contributed by atoms with Crippen LogP contribution in [0, 0.1) is 11.7 Å². The predicted molar refractivity (Wildman–Crippen MR) is 153 cm³/mol. The zero-order valence-corrected chi connectivity index (χ0v) is 24.3. The van der Waals surface area contributed by atoms with Gasteiger partial charge in [-0.05, 0) is 63.8 Å². The van der Waals surface area contributed by atoms with E-state index < -0.39 is 21.7 Å². The minimum absolute atomic E-state index is 0.0102. The number of imidazole rings is 1. The summed E-state index contributed by atoms with van der Waals surface area (Å²) in [5.74, 6) is -0.223. The summed E-state index contributed by atoms with van der Waals surface area (Å²) in [6.07, 6.45) is 5.79. The number of piperazine rings is 1. The summed E-state index contributed by atoms with van der Waals surface area (Å²) in [7, 11) is -3.26. The summed E-state index contributed by atoms with van der Waals surface area (Å²) in [6, 6.07) is 7.28. The maximum Gasteiger partial charge on any atom is 0.280 e. The van der Waals surface area contributed by atoms with Crippen molar-refractivity contribution in [2.24, 2.45) is 10.9 Å². The van der Waals surface area contributed by atoms with Crippen LogP contribution in [0.3, 0.4) is 0 Å². The van der Waals surface area contributed by atoms with Crippen LogP contribution in [0.15, 0.2) is 41.5 Å². The summed E-state index contributed by atoms with van der Waals surface area (Å²) in [5, 5.41) is 3.01. The van der Waals surface area contributed by atoms with Gasteiger partial charge in [-0.2, -0.15) is 9.30 Å². The number of carbonyl (C=O) groups is 2. The second-order valence-corrected chi connectivity index (χ2v) is 13.1. The van der Waals surface area contributed by atoms with Gasteiger partial charge in [0.2, 0.25) is 21.5 Å². The third-order valence-electron chi connectivity index (χ3n) is 7.80. The van der Waals surface area contributed by atoms with Gasteiger partial charge < -0.3 is 19.8 Å². The third-order valence-corrected chi connectivity index (χ3v) is 9.10. The van der Waals surface area contributed by atoms with E-state index in [1.165, 1.54) is 34.8 Å². The van der Waals surface area contributed by atoms with Gasteiger partial charge in [0, 0.05) is 55.8 Å². The number of hydrogen-bond donors (Lipinski definition) is 2. The van der Waals surface area contributed by atoms with Gasteiger partial charge in [0.1, 0.15) is 11.6 Å². The molecule has 3 heterocycles. The number of aromatic nitrogens is 3. The van der Waals surface area contributed by atoms with Gasteiger partial charge in [-0.25, -0.2) is 17.8 Å². The molecule has 0 spiro atoms. The minimum atomic E-state index is -3.26. The molecule has 2 aromatic heterocycles. The Morgan fingerprint density at radius 3 is 2.34 bits per heavy atom. The molecule has 0 bridgehead atoms.